The zero-order valence-corrected chi connectivity index (χ0v) is 23.3. The summed E-state index contributed by atoms with van der Waals surface area (Å²) in [4.78, 5) is 24.6. The molecule has 0 radical (unpaired) electrons. The van der Waals surface area contributed by atoms with Gasteiger partial charge in [0.2, 0.25) is 0 Å². The summed E-state index contributed by atoms with van der Waals surface area (Å²) >= 11 is 12.1. The smallest absolute Gasteiger partial charge is 0.258 e. The molecular formula is C27H32Cl2N2O4Si. The Labute approximate surface area is 224 Å². The summed E-state index contributed by atoms with van der Waals surface area (Å²) in [5.74, 6) is 3.95. The van der Waals surface area contributed by atoms with E-state index >= 15 is 0 Å². The van der Waals surface area contributed by atoms with Gasteiger partial charge in [0.25, 0.3) is 11.8 Å². The van der Waals surface area contributed by atoms with Gasteiger partial charge in [0, 0.05) is 22.7 Å². The van der Waals surface area contributed by atoms with Crippen LogP contribution in [-0.2, 0) is 9.59 Å². The van der Waals surface area contributed by atoms with E-state index in [0.717, 1.165) is 25.7 Å². The van der Waals surface area contributed by atoms with E-state index in [1.165, 1.54) is 0 Å². The second-order valence-corrected chi connectivity index (χ2v) is 15.5. The van der Waals surface area contributed by atoms with Gasteiger partial charge < -0.3 is 20.1 Å². The number of halogens is 2. The zero-order chi connectivity index (χ0) is 26.1. The van der Waals surface area contributed by atoms with E-state index in [9.17, 15) is 9.59 Å². The maximum atomic E-state index is 12.4. The molecule has 0 unspecified atom stereocenters. The Morgan fingerprint density at radius 2 is 1.36 bits per heavy atom. The summed E-state index contributed by atoms with van der Waals surface area (Å²) in [7, 11) is -1.53. The molecule has 3 rings (SSSR count). The lowest BCUT2D eigenvalue weighted by Gasteiger charge is -2.29. The van der Waals surface area contributed by atoms with Crippen molar-refractivity contribution in [3.05, 3.63) is 58.1 Å². The van der Waals surface area contributed by atoms with E-state index in [1.54, 1.807) is 42.5 Å². The molecule has 1 fully saturated rings. The van der Waals surface area contributed by atoms with Crippen LogP contribution in [0.15, 0.2) is 42.5 Å². The Balaban J connectivity index is 1.37. The van der Waals surface area contributed by atoms with Crippen molar-refractivity contribution in [1.82, 2.24) is 10.6 Å². The van der Waals surface area contributed by atoms with Gasteiger partial charge in [-0.2, -0.15) is 0 Å². The molecule has 0 saturated heterocycles. The van der Waals surface area contributed by atoms with E-state index in [0.29, 0.717) is 27.1 Å². The predicted molar refractivity (Wildman–Crippen MR) is 146 cm³/mol. The highest BCUT2D eigenvalue weighted by atomic mass is 35.5. The van der Waals surface area contributed by atoms with Crippen molar-refractivity contribution < 1.29 is 19.1 Å². The van der Waals surface area contributed by atoms with Crippen molar-refractivity contribution in [2.45, 2.75) is 57.4 Å². The molecule has 1 aliphatic carbocycles. The summed E-state index contributed by atoms with van der Waals surface area (Å²) in [6, 6.07) is 12.2. The Hall–Kier alpha value is -2.66. The molecule has 2 aromatic rings. The zero-order valence-electron chi connectivity index (χ0n) is 20.8. The molecule has 0 bridgehead atoms. The molecular weight excluding hydrogens is 515 g/mol. The number of ether oxygens (including phenoxy) is 2. The van der Waals surface area contributed by atoms with Gasteiger partial charge in [-0.15, -0.1) is 5.54 Å². The first-order valence-electron chi connectivity index (χ1n) is 12.0. The third-order valence-electron chi connectivity index (χ3n) is 5.52. The highest BCUT2D eigenvalue weighted by Crippen LogP contribution is 2.22. The van der Waals surface area contributed by atoms with Gasteiger partial charge in [-0.25, -0.2) is 0 Å². The van der Waals surface area contributed by atoms with E-state index < -0.39 is 8.07 Å². The van der Waals surface area contributed by atoms with Crippen molar-refractivity contribution in [2.75, 3.05) is 13.2 Å². The fourth-order valence-corrected chi connectivity index (χ4v) is 4.49. The minimum atomic E-state index is -1.53. The van der Waals surface area contributed by atoms with Crippen LogP contribution in [0.5, 0.6) is 11.5 Å². The Bertz CT molecular complexity index is 1120. The maximum absolute atomic E-state index is 12.4. The molecule has 1 aliphatic rings. The highest BCUT2D eigenvalue weighted by molar-refractivity contribution is 6.83. The molecule has 9 heteroatoms. The first kappa shape index (κ1) is 27.9. The lowest BCUT2D eigenvalue weighted by atomic mass is 9.91. The highest BCUT2D eigenvalue weighted by Gasteiger charge is 2.24. The minimum Gasteiger partial charge on any atom is -0.484 e. The van der Waals surface area contributed by atoms with Gasteiger partial charge in [-0.05, 0) is 68.1 Å². The lowest BCUT2D eigenvalue weighted by Crippen LogP contribution is -2.45. The molecule has 192 valence electrons. The Kier molecular flexibility index (Phi) is 10.1. The molecule has 6 nitrogen and oxygen atoms in total. The molecule has 2 N–H and O–H groups in total. The topological polar surface area (TPSA) is 76.7 Å². The van der Waals surface area contributed by atoms with Gasteiger partial charge in [0.05, 0.1) is 5.02 Å². The second-order valence-electron chi connectivity index (χ2n) is 9.86. The maximum Gasteiger partial charge on any atom is 0.258 e. The standard InChI is InChI=1S/C27H32Cl2N2O4Si/c1-36(2,3)15-14-19-16-24(12-13-25(19)29)35-18-27(33)31-22-8-6-21(7-9-22)30-26(32)17-34-23-10-4-20(28)5-11-23/h4-5,10-13,16,21-22H,6-9,17-18H2,1-3H3,(H,30,32)(H,31,33)/t21-,22-. The van der Waals surface area contributed by atoms with Gasteiger partial charge in [0.1, 0.15) is 19.6 Å². The third-order valence-corrected chi connectivity index (χ3v) is 6.98. The number of hydrogen-bond acceptors (Lipinski definition) is 4. The molecule has 0 aliphatic heterocycles. The number of benzene rings is 2. The number of carbonyl (C=O) groups excluding carboxylic acids is 2. The van der Waals surface area contributed by atoms with Crippen LogP contribution in [-0.4, -0.2) is 45.2 Å². The molecule has 0 heterocycles. The van der Waals surface area contributed by atoms with Gasteiger partial charge in [0.15, 0.2) is 13.2 Å². The summed E-state index contributed by atoms with van der Waals surface area (Å²) in [6.45, 7) is 6.36. The molecule has 0 atom stereocenters. The molecule has 0 aromatic heterocycles. The molecule has 36 heavy (non-hydrogen) atoms. The van der Waals surface area contributed by atoms with Crippen LogP contribution < -0.4 is 20.1 Å². The van der Waals surface area contributed by atoms with Crippen LogP contribution in [0.4, 0.5) is 0 Å². The van der Waals surface area contributed by atoms with Crippen molar-refractivity contribution in [3.8, 4) is 23.0 Å². The second kappa shape index (κ2) is 13.0. The molecule has 0 spiro atoms. The van der Waals surface area contributed by atoms with Gasteiger partial charge in [-0.1, -0.05) is 48.8 Å². The quantitative estimate of drug-likeness (QED) is 0.351. The van der Waals surface area contributed by atoms with Gasteiger partial charge >= 0.3 is 0 Å². The number of carbonyl (C=O) groups is 2. The fourth-order valence-electron chi connectivity index (χ4n) is 3.69. The number of hydrogen-bond donors (Lipinski definition) is 2. The van der Waals surface area contributed by atoms with E-state index in [4.69, 9.17) is 32.7 Å². The lowest BCUT2D eigenvalue weighted by molar-refractivity contribution is -0.125. The largest absolute Gasteiger partial charge is 0.484 e. The molecule has 2 aromatic carbocycles. The number of rotatable bonds is 8. The first-order chi connectivity index (χ1) is 17.1. The SMILES string of the molecule is C[Si](C)(C)C#Cc1cc(OCC(=O)N[C@H]2CC[C@H](NC(=O)COc3ccc(Cl)cc3)CC2)ccc1Cl. The van der Waals surface area contributed by atoms with Crippen LogP contribution in [0, 0.1) is 11.5 Å². The minimum absolute atomic E-state index is 0.0498. The summed E-state index contributed by atoms with van der Waals surface area (Å²) in [6.07, 6.45) is 3.14. The van der Waals surface area contributed by atoms with E-state index in [-0.39, 0.29) is 37.1 Å². The predicted octanol–water partition coefficient (Wildman–Crippen LogP) is 5.22. The van der Waals surface area contributed by atoms with Crippen molar-refractivity contribution >= 4 is 43.1 Å². The van der Waals surface area contributed by atoms with Crippen LogP contribution in [0.1, 0.15) is 31.2 Å². The number of amides is 2. The monoisotopic (exact) mass is 546 g/mol. The van der Waals surface area contributed by atoms with E-state index in [1.807, 2.05) is 0 Å². The van der Waals surface area contributed by atoms with Crippen molar-refractivity contribution in [2.24, 2.45) is 0 Å². The summed E-state index contributed by atoms with van der Waals surface area (Å²) < 4.78 is 11.2. The Morgan fingerprint density at radius 1 is 0.861 bits per heavy atom. The normalized spacial score (nSPS) is 17.4. The third kappa shape index (κ3) is 9.77. The van der Waals surface area contributed by atoms with Crippen molar-refractivity contribution in [1.29, 1.82) is 0 Å². The van der Waals surface area contributed by atoms with Crippen LogP contribution in [0.3, 0.4) is 0 Å². The van der Waals surface area contributed by atoms with Crippen LogP contribution in [0.25, 0.3) is 0 Å². The first-order valence-corrected chi connectivity index (χ1v) is 16.3. The van der Waals surface area contributed by atoms with Crippen LogP contribution >= 0.6 is 23.2 Å². The summed E-state index contributed by atoms with van der Waals surface area (Å²) in [5, 5.41) is 7.21. The van der Waals surface area contributed by atoms with E-state index in [2.05, 4.69) is 41.7 Å². The molecule has 1 saturated carbocycles. The summed E-state index contributed by atoms with van der Waals surface area (Å²) in [5.41, 5.74) is 3.99. The Morgan fingerprint density at radius 3 is 1.89 bits per heavy atom. The number of nitrogens with one attached hydrogen (secondary N) is 2. The molecule has 2 amide bonds. The average molecular weight is 548 g/mol. The average Bonchev–Trinajstić information content (AvgIpc) is 2.83. The van der Waals surface area contributed by atoms with Crippen LogP contribution in [0.2, 0.25) is 29.7 Å². The van der Waals surface area contributed by atoms with Gasteiger partial charge in [-0.3, -0.25) is 9.59 Å². The fraction of sp³-hybridized carbons (Fsp3) is 0.407. The van der Waals surface area contributed by atoms with Crippen molar-refractivity contribution in [3.63, 3.8) is 0 Å².